The Morgan fingerprint density at radius 2 is 0.487 bits per heavy atom. The summed E-state index contributed by atoms with van der Waals surface area (Å²) >= 11 is 0. The fraction of sp³-hybridized carbons (Fsp3) is 0.758. The van der Waals surface area contributed by atoms with Crippen LogP contribution in [0.25, 0.3) is 0 Å². The van der Waals surface area contributed by atoms with Crippen molar-refractivity contribution < 1.29 is 55.7 Å². The second kappa shape index (κ2) is 36.4. The van der Waals surface area contributed by atoms with Gasteiger partial charge in [-0.15, -0.1) is 0 Å². The van der Waals surface area contributed by atoms with E-state index in [0.717, 1.165) is 103 Å². The lowest BCUT2D eigenvalue weighted by molar-refractivity contribution is -0.141. The molecule has 0 spiro atoms. The van der Waals surface area contributed by atoms with Crippen molar-refractivity contribution in [2.24, 2.45) is 47.3 Å². The molecule has 440 valence electrons. The number of hydrogen-bond donors (Lipinski definition) is 0. The number of esters is 4. The predicted molar refractivity (Wildman–Crippen MR) is 301 cm³/mol. The van der Waals surface area contributed by atoms with E-state index in [2.05, 4.69) is 27.7 Å². The summed E-state index contributed by atoms with van der Waals surface area (Å²) < 4.78 is 80.1. The van der Waals surface area contributed by atoms with Gasteiger partial charge in [0.1, 0.15) is 0 Å². The van der Waals surface area contributed by atoms with E-state index in [1.165, 1.54) is 166 Å². The summed E-state index contributed by atoms with van der Waals surface area (Å²) in [5.41, 5.74) is 0. The summed E-state index contributed by atoms with van der Waals surface area (Å²) in [5, 5.41) is 0. The molecule has 78 heavy (non-hydrogen) atoms. The zero-order valence-corrected chi connectivity index (χ0v) is 48.6. The molecular formula is C66H100F4O8. The highest BCUT2D eigenvalue weighted by molar-refractivity contribution is 5.77. The summed E-state index contributed by atoms with van der Waals surface area (Å²) in [6, 6.07) is 4.75. The largest absolute Gasteiger partial charge is 0.423 e. The Hall–Kier alpha value is -3.96. The third-order valence-electron chi connectivity index (χ3n) is 17.9. The van der Waals surface area contributed by atoms with Crippen LogP contribution in [0.4, 0.5) is 17.6 Å². The minimum absolute atomic E-state index is 0.288. The molecule has 12 heteroatoms. The van der Waals surface area contributed by atoms with Crippen LogP contribution in [0.3, 0.4) is 0 Å². The molecule has 0 heterocycles. The van der Waals surface area contributed by atoms with Gasteiger partial charge in [0, 0.05) is 0 Å². The number of halogens is 4. The molecule has 4 fully saturated rings. The number of hydrogen-bond acceptors (Lipinski definition) is 8. The van der Waals surface area contributed by atoms with Gasteiger partial charge in [0.25, 0.3) is 0 Å². The summed E-state index contributed by atoms with van der Waals surface area (Å²) in [6.07, 6.45) is 41.0. The van der Waals surface area contributed by atoms with E-state index < -0.39 is 70.1 Å². The number of rotatable bonds is 30. The van der Waals surface area contributed by atoms with Crippen LogP contribution >= 0.6 is 0 Å². The van der Waals surface area contributed by atoms with Gasteiger partial charge in [-0.3, -0.25) is 19.2 Å². The molecule has 0 atom stereocenters. The van der Waals surface area contributed by atoms with Crippen molar-refractivity contribution in [2.45, 2.75) is 272 Å². The van der Waals surface area contributed by atoms with Crippen molar-refractivity contribution >= 4 is 23.9 Å². The van der Waals surface area contributed by atoms with Crippen molar-refractivity contribution in [3.8, 4) is 23.0 Å². The molecule has 4 aliphatic rings. The zero-order chi connectivity index (χ0) is 56.1. The number of carbonyl (C=O) groups excluding carboxylic acids is 4. The van der Waals surface area contributed by atoms with Gasteiger partial charge in [-0.25, -0.2) is 0 Å². The van der Waals surface area contributed by atoms with Gasteiger partial charge in [0.05, 0.1) is 23.7 Å². The fourth-order valence-corrected chi connectivity index (χ4v) is 12.7. The van der Waals surface area contributed by atoms with Gasteiger partial charge in [0.2, 0.25) is 23.3 Å². The molecule has 4 saturated carbocycles. The molecule has 0 aliphatic heterocycles. The molecule has 0 radical (unpaired) electrons. The lowest BCUT2D eigenvalue weighted by Gasteiger charge is -2.27. The number of unbranched alkanes of at least 4 members (excludes halogenated alkanes) is 14. The first-order valence-corrected chi connectivity index (χ1v) is 31.7. The first-order valence-electron chi connectivity index (χ1n) is 31.7. The molecule has 0 amide bonds. The molecule has 6 rings (SSSR count). The third-order valence-corrected chi connectivity index (χ3v) is 17.9. The molecule has 4 aliphatic carbocycles. The first kappa shape index (κ1) is 64.9. The van der Waals surface area contributed by atoms with Gasteiger partial charge < -0.3 is 18.9 Å². The van der Waals surface area contributed by atoms with Gasteiger partial charge in [0.15, 0.2) is 23.0 Å². The van der Waals surface area contributed by atoms with E-state index in [4.69, 9.17) is 18.9 Å². The van der Waals surface area contributed by atoms with E-state index in [1.807, 2.05) is 0 Å². The summed E-state index contributed by atoms with van der Waals surface area (Å²) in [4.78, 5) is 50.6. The highest BCUT2D eigenvalue weighted by Crippen LogP contribution is 2.39. The smallest absolute Gasteiger partial charge is 0.314 e. The lowest BCUT2D eigenvalue weighted by Crippen LogP contribution is -2.27. The van der Waals surface area contributed by atoms with Crippen LogP contribution in [-0.4, -0.2) is 23.9 Å². The van der Waals surface area contributed by atoms with E-state index in [9.17, 15) is 36.7 Å². The van der Waals surface area contributed by atoms with E-state index in [-0.39, 0.29) is 23.7 Å². The van der Waals surface area contributed by atoms with Crippen molar-refractivity contribution in [1.82, 2.24) is 0 Å². The number of benzene rings is 2. The van der Waals surface area contributed by atoms with Crippen LogP contribution < -0.4 is 18.9 Å². The topological polar surface area (TPSA) is 105 Å². The number of ether oxygens (including phenoxy) is 4. The van der Waals surface area contributed by atoms with Gasteiger partial charge in [-0.05, 0) is 151 Å². The second-order valence-electron chi connectivity index (χ2n) is 24.0. The minimum atomic E-state index is -1.29. The fourth-order valence-electron chi connectivity index (χ4n) is 12.7. The molecule has 0 saturated heterocycles. The lowest BCUT2D eigenvalue weighted by atomic mass is 9.79. The van der Waals surface area contributed by atoms with Crippen molar-refractivity contribution in [2.75, 3.05) is 0 Å². The molecule has 0 N–H and O–H groups in total. The molecule has 0 aromatic heterocycles. The molecule has 0 unspecified atom stereocenters. The Labute approximate surface area is 467 Å². The first-order chi connectivity index (χ1) is 37.8. The minimum Gasteiger partial charge on any atom is -0.423 e. The third kappa shape index (κ3) is 22.2. The van der Waals surface area contributed by atoms with Crippen molar-refractivity contribution in [3.63, 3.8) is 0 Å². The SMILES string of the molecule is CCCCCCC1CCC(C(=O)Oc2ccc(OC(=O)C3CCC(CCCCCC)CC3)c(F)c2F)CC1.CCCCCCCC1CCC(C(=O)Oc2ccc(OC(=O)C3CCC(CCCCCCC)CC3)c(F)c2F)CC1. The van der Waals surface area contributed by atoms with Crippen LogP contribution in [0.1, 0.15) is 272 Å². The highest BCUT2D eigenvalue weighted by Gasteiger charge is 2.34. The van der Waals surface area contributed by atoms with E-state index in [0.29, 0.717) is 23.7 Å². The van der Waals surface area contributed by atoms with Crippen molar-refractivity contribution in [1.29, 1.82) is 0 Å². The zero-order valence-electron chi connectivity index (χ0n) is 48.6. The second-order valence-corrected chi connectivity index (χ2v) is 24.0. The maximum Gasteiger partial charge on any atom is 0.314 e. The van der Waals surface area contributed by atoms with Crippen LogP contribution in [0, 0.1) is 70.6 Å². The van der Waals surface area contributed by atoms with E-state index >= 15 is 0 Å². The Morgan fingerprint density at radius 3 is 0.679 bits per heavy atom. The maximum atomic E-state index is 14.8. The Balaban J connectivity index is 0.000000288. The van der Waals surface area contributed by atoms with Gasteiger partial charge in [-0.1, -0.05) is 169 Å². The molecule has 2 aromatic rings. The van der Waals surface area contributed by atoms with E-state index in [1.54, 1.807) is 0 Å². The molecular weight excluding hydrogens is 997 g/mol. The standard InChI is InChI=1S/C34H52F2O4.C32H48F2O4/c1-3-5-7-9-11-13-25-15-19-27(20-16-25)33(37)39-29-23-24-30(32(36)31(29)35)40-34(38)28-21-17-26(18-22-28)14-12-10-8-6-4-2;1-3-5-7-9-11-23-13-17-25(18-14-23)31(35)37-27-21-22-28(30(34)29(27)33)38-32(36)26-19-15-24(16-20-26)12-10-8-6-4-2/h23-28H,3-22H2,1-2H3;21-26H,3-20H2,1-2H3. The molecule has 0 bridgehead atoms. The highest BCUT2D eigenvalue weighted by atomic mass is 19.2. The normalized spacial score (nSPS) is 23.4. The van der Waals surface area contributed by atoms with Gasteiger partial charge >= 0.3 is 23.9 Å². The maximum absolute atomic E-state index is 14.8. The Morgan fingerprint density at radius 1 is 0.308 bits per heavy atom. The monoisotopic (exact) mass is 1100 g/mol. The molecule has 2 aromatic carbocycles. The average Bonchev–Trinajstić information content (AvgIpc) is 3.47. The summed E-state index contributed by atoms with van der Waals surface area (Å²) in [7, 11) is 0. The Bertz CT molecular complexity index is 1920. The average molecular weight is 1100 g/mol. The number of carbonyl (C=O) groups is 4. The predicted octanol–water partition coefficient (Wildman–Crippen LogP) is 19.4. The van der Waals surface area contributed by atoms with Crippen LogP contribution in [-0.2, 0) is 19.2 Å². The van der Waals surface area contributed by atoms with Crippen LogP contribution in [0.15, 0.2) is 24.3 Å². The Kier molecular flexibility index (Phi) is 30.3. The molecule has 8 nitrogen and oxygen atoms in total. The van der Waals surface area contributed by atoms with Crippen LogP contribution in [0.5, 0.6) is 23.0 Å². The van der Waals surface area contributed by atoms with Crippen molar-refractivity contribution in [3.05, 3.63) is 47.5 Å². The quantitative estimate of drug-likeness (QED) is 0.0330. The summed E-state index contributed by atoms with van der Waals surface area (Å²) in [6.45, 7) is 8.83. The summed E-state index contributed by atoms with van der Waals surface area (Å²) in [5.74, 6) is -7.57. The van der Waals surface area contributed by atoms with Crippen LogP contribution in [0.2, 0.25) is 0 Å². The van der Waals surface area contributed by atoms with Gasteiger partial charge in [-0.2, -0.15) is 17.6 Å².